The van der Waals surface area contributed by atoms with Crippen molar-refractivity contribution >= 4 is 28.1 Å². The van der Waals surface area contributed by atoms with Crippen molar-refractivity contribution in [3.63, 3.8) is 0 Å². The van der Waals surface area contributed by atoms with Gasteiger partial charge in [0.2, 0.25) is 5.82 Å². The molecule has 1 amide bonds. The van der Waals surface area contributed by atoms with Crippen molar-refractivity contribution in [2.45, 2.75) is 44.9 Å². The molecule has 1 saturated heterocycles. The van der Waals surface area contributed by atoms with E-state index in [-0.39, 0.29) is 11.9 Å². The van der Waals surface area contributed by atoms with E-state index in [2.05, 4.69) is 20.3 Å². The number of hydrogen-bond acceptors (Lipinski definition) is 7. The summed E-state index contributed by atoms with van der Waals surface area (Å²) in [6.45, 7) is 4.98. The van der Waals surface area contributed by atoms with E-state index in [1.54, 1.807) is 25.3 Å². The zero-order valence-corrected chi connectivity index (χ0v) is 20.4. The first-order valence-electron chi connectivity index (χ1n) is 11.4. The predicted octanol–water partition coefficient (Wildman–Crippen LogP) is 5.12. The maximum Gasteiger partial charge on any atom is 0.451 e. The summed E-state index contributed by atoms with van der Waals surface area (Å²) >= 11 is 1.53. The number of nitrogens with zero attached hydrogens (tertiary/aromatic N) is 5. The number of amides is 1. The van der Waals surface area contributed by atoms with Crippen LogP contribution in [0.3, 0.4) is 0 Å². The number of carbonyl (C=O) groups is 1. The number of aromatic nitrogens is 5. The van der Waals surface area contributed by atoms with Gasteiger partial charge in [-0.25, -0.2) is 15.0 Å². The molecule has 188 valence electrons. The molecule has 0 spiro atoms. The molecule has 1 unspecified atom stereocenters. The van der Waals surface area contributed by atoms with Gasteiger partial charge in [-0.15, -0.1) is 11.3 Å². The van der Waals surface area contributed by atoms with Crippen molar-refractivity contribution in [2.75, 3.05) is 13.2 Å². The number of aryl methyl sites for hydroxylation is 1. The van der Waals surface area contributed by atoms with Crippen LogP contribution >= 0.6 is 11.3 Å². The Hall–Kier alpha value is -3.38. The van der Waals surface area contributed by atoms with Crippen LogP contribution in [0.25, 0.3) is 21.5 Å². The fraction of sp³-hybridized carbons (Fsp3) is 0.375. The Kier molecular flexibility index (Phi) is 6.47. The van der Waals surface area contributed by atoms with Crippen LogP contribution in [0.1, 0.15) is 58.5 Å². The third-order valence-electron chi connectivity index (χ3n) is 6.09. The lowest BCUT2D eigenvalue weighted by Crippen LogP contribution is -2.27. The third-order valence-corrected chi connectivity index (χ3v) is 7.04. The molecular weight excluding hydrogens is 493 g/mol. The number of rotatable bonds is 5. The molecule has 0 bridgehead atoms. The van der Waals surface area contributed by atoms with Gasteiger partial charge in [0.05, 0.1) is 17.6 Å². The van der Waals surface area contributed by atoms with Gasteiger partial charge in [0, 0.05) is 65.0 Å². The van der Waals surface area contributed by atoms with Gasteiger partial charge in [0.25, 0.3) is 5.91 Å². The molecule has 0 aliphatic carbocycles. The van der Waals surface area contributed by atoms with Crippen molar-refractivity contribution in [3.05, 3.63) is 58.7 Å². The molecule has 3 aromatic heterocycles. The summed E-state index contributed by atoms with van der Waals surface area (Å²) in [4.78, 5) is 25.5. The highest BCUT2D eigenvalue weighted by Gasteiger charge is 2.34. The van der Waals surface area contributed by atoms with Gasteiger partial charge in [-0.3, -0.25) is 9.48 Å². The first-order valence-corrected chi connectivity index (χ1v) is 12.2. The third kappa shape index (κ3) is 4.96. The van der Waals surface area contributed by atoms with E-state index < -0.39 is 18.0 Å². The normalized spacial score (nSPS) is 15.8. The maximum atomic E-state index is 13.2. The highest BCUT2D eigenvalue weighted by Crippen LogP contribution is 2.34. The molecule has 1 N–H and O–H groups in total. The molecule has 1 aliphatic rings. The van der Waals surface area contributed by atoms with Gasteiger partial charge >= 0.3 is 6.18 Å². The predicted molar refractivity (Wildman–Crippen MR) is 128 cm³/mol. The van der Waals surface area contributed by atoms with Crippen molar-refractivity contribution in [3.8, 4) is 10.6 Å². The fourth-order valence-electron chi connectivity index (χ4n) is 4.14. The van der Waals surface area contributed by atoms with Gasteiger partial charge in [-0.2, -0.15) is 18.3 Å². The van der Waals surface area contributed by atoms with E-state index in [4.69, 9.17) is 9.84 Å². The molecule has 1 aliphatic heterocycles. The minimum atomic E-state index is -4.63. The van der Waals surface area contributed by atoms with Crippen molar-refractivity contribution in [1.29, 1.82) is 0 Å². The SMILES string of the molecule is Cc1cnc(-c2cc(C(=O)NC(C)c3cnc(C(F)(F)F)nc3)cc3nn(C4CCOCC4)cc23)s1. The first kappa shape index (κ1) is 24.3. The molecule has 4 heterocycles. The molecule has 0 radical (unpaired) electrons. The largest absolute Gasteiger partial charge is 0.451 e. The van der Waals surface area contributed by atoms with Crippen LogP contribution in [0.5, 0.6) is 0 Å². The molecule has 4 aromatic rings. The van der Waals surface area contributed by atoms with Crippen LogP contribution < -0.4 is 5.32 Å². The van der Waals surface area contributed by atoms with Crippen LogP contribution in [0.15, 0.2) is 36.9 Å². The number of carbonyl (C=O) groups excluding carboxylic acids is 1. The van der Waals surface area contributed by atoms with Gasteiger partial charge in [-0.1, -0.05) is 0 Å². The molecular formula is C24H23F3N6O2S. The number of ether oxygens (including phenoxy) is 1. The van der Waals surface area contributed by atoms with Crippen molar-refractivity contribution < 1.29 is 22.7 Å². The molecule has 0 saturated carbocycles. The lowest BCUT2D eigenvalue weighted by Gasteiger charge is -2.22. The molecule has 8 nitrogen and oxygen atoms in total. The average Bonchev–Trinajstić information content (AvgIpc) is 3.49. The zero-order valence-electron chi connectivity index (χ0n) is 19.5. The summed E-state index contributed by atoms with van der Waals surface area (Å²) in [6.07, 6.45) is 3.03. The van der Waals surface area contributed by atoms with Crippen molar-refractivity contribution in [2.24, 2.45) is 0 Å². The van der Waals surface area contributed by atoms with E-state index in [1.807, 2.05) is 17.8 Å². The Balaban J connectivity index is 1.46. The van der Waals surface area contributed by atoms with Crippen LogP contribution in [-0.2, 0) is 10.9 Å². The van der Waals surface area contributed by atoms with E-state index in [0.29, 0.717) is 29.9 Å². The smallest absolute Gasteiger partial charge is 0.381 e. The summed E-state index contributed by atoms with van der Waals surface area (Å²) in [5.41, 5.74) is 2.21. The minimum Gasteiger partial charge on any atom is -0.381 e. The molecule has 1 aromatic carbocycles. The Bertz CT molecular complexity index is 1390. The second kappa shape index (κ2) is 9.58. The summed E-state index contributed by atoms with van der Waals surface area (Å²) in [7, 11) is 0. The minimum absolute atomic E-state index is 0.217. The fourth-order valence-corrected chi connectivity index (χ4v) is 4.93. The van der Waals surface area contributed by atoms with E-state index in [0.717, 1.165) is 46.1 Å². The summed E-state index contributed by atoms with van der Waals surface area (Å²) in [5, 5.41) is 9.28. The monoisotopic (exact) mass is 516 g/mol. The zero-order chi connectivity index (χ0) is 25.4. The second-order valence-electron chi connectivity index (χ2n) is 8.72. The maximum absolute atomic E-state index is 13.2. The summed E-state index contributed by atoms with van der Waals surface area (Å²) in [6, 6.07) is 3.11. The number of hydrogen-bond donors (Lipinski definition) is 1. The van der Waals surface area contributed by atoms with Gasteiger partial charge in [0.1, 0.15) is 5.01 Å². The highest BCUT2D eigenvalue weighted by atomic mass is 32.1. The molecule has 1 fully saturated rings. The van der Waals surface area contributed by atoms with Crippen LogP contribution in [0.4, 0.5) is 13.2 Å². The standard InChI is InChI=1S/C24H23F3N6O2S/c1-13-9-28-22(36-13)18-7-15(8-20-19(18)12-33(32-20)17-3-5-35-6-4-17)21(34)31-14(2)16-10-29-23(30-11-16)24(25,26)27/h7-12,14,17H,3-6H2,1-2H3,(H,31,34). The molecule has 1 atom stereocenters. The van der Waals surface area contributed by atoms with Crippen LogP contribution in [-0.4, -0.2) is 43.9 Å². The summed E-state index contributed by atoms with van der Waals surface area (Å²) < 4.78 is 45.7. The Morgan fingerprint density at radius 2 is 1.89 bits per heavy atom. The lowest BCUT2D eigenvalue weighted by atomic mass is 10.0. The Morgan fingerprint density at radius 1 is 1.17 bits per heavy atom. The quantitative estimate of drug-likeness (QED) is 0.396. The van der Waals surface area contributed by atoms with E-state index in [9.17, 15) is 18.0 Å². The van der Waals surface area contributed by atoms with Crippen LogP contribution in [0.2, 0.25) is 0 Å². The summed E-state index contributed by atoms with van der Waals surface area (Å²) in [5.74, 6) is -1.61. The number of benzene rings is 1. The van der Waals surface area contributed by atoms with Crippen molar-refractivity contribution in [1.82, 2.24) is 30.0 Å². The van der Waals surface area contributed by atoms with Gasteiger partial charge in [-0.05, 0) is 38.8 Å². The van der Waals surface area contributed by atoms with Gasteiger partial charge < -0.3 is 10.1 Å². The molecule has 12 heteroatoms. The number of nitrogens with one attached hydrogen (secondary N) is 1. The molecule has 36 heavy (non-hydrogen) atoms. The topological polar surface area (TPSA) is 94.8 Å². The highest BCUT2D eigenvalue weighted by molar-refractivity contribution is 7.15. The first-order chi connectivity index (χ1) is 17.2. The second-order valence-corrected chi connectivity index (χ2v) is 9.95. The Labute approximate surface area is 208 Å². The van der Waals surface area contributed by atoms with Crippen LogP contribution in [0, 0.1) is 6.92 Å². The number of thiazole rings is 1. The van der Waals surface area contributed by atoms with E-state index >= 15 is 0 Å². The average molecular weight is 517 g/mol. The molecule has 5 rings (SSSR count). The lowest BCUT2D eigenvalue weighted by molar-refractivity contribution is -0.145. The number of halogens is 3. The number of fused-ring (bicyclic) bond motifs is 1. The Morgan fingerprint density at radius 3 is 2.53 bits per heavy atom. The number of alkyl halides is 3. The van der Waals surface area contributed by atoms with Gasteiger partial charge in [0.15, 0.2) is 0 Å². The van der Waals surface area contributed by atoms with E-state index in [1.165, 1.54) is 11.3 Å².